The van der Waals surface area contributed by atoms with E-state index in [1.54, 1.807) is 0 Å². The zero-order valence-corrected chi connectivity index (χ0v) is 15.8. The number of aromatic nitrogens is 1. The average Bonchev–Trinajstić information content (AvgIpc) is 3.22. The van der Waals surface area contributed by atoms with Crippen molar-refractivity contribution in [2.45, 2.75) is 12.8 Å². The van der Waals surface area contributed by atoms with Crippen LogP contribution in [0.25, 0.3) is 0 Å². The number of anilines is 1. The lowest BCUT2D eigenvalue weighted by Gasteiger charge is -2.37. The van der Waals surface area contributed by atoms with Gasteiger partial charge < -0.3 is 24.6 Å². The monoisotopic (exact) mass is 361 g/mol. The molecule has 3 rings (SSSR count). The fraction of sp³-hybridized carbons (Fsp3) is 0.684. The maximum absolute atomic E-state index is 5.75. The highest BCUT2D eigenvalue weighted by Gasteiger charge is 2.20. The second-order valence-electron chi connectivity index (χ2n) is 6.79. The van der Waals surface area contributed by atoms with Crippen molar-refractivity contribution in [2.24, 2.45) is 10.9 Å². The quantitative estimate of drug-likeness (QED) is 0.448. The summed E-state index contributed by atoms with van der Waals surface area (Å²) < 4.78 is 11.1. The van der Waals surface area contributed by atoms with Crippen LogP contribution in [0.5, 0.6) is 0 Å². The number of nitrogens with zero attached hydrogens (tertiary/aromatic N) is 4. The van der Waals surface area contributed by atoms with Gasteiger partial charge in [0.15, 0.2) is 5.96 Å². The Kier molecular flexibility index (Phi) is 7.51. The minimum atomic E-state index is 0.589. The van der Waals surface area contributed by atoms with Gasteiger partial charge in [-0.25, -0.2) is 4.98 Å². The Morgan fingerprint density at radius 1 is 1.35 bits per heavy atom. The minimum absolute atomic E-state index is 0.589. The maximum Gasteiger partial charge on any atom is 0.193 e. The van der Waals surface area contributed by atoms with Gasteiger partial charge in [-0.15, -0.1) is 0 Å². The Bertz CT molecular complexity index is 540. The van der Waals surface area contributed by atoms with Crippen LogP contribution in [-0.2, 0) is 9.47 Å². The molecule has 0 bridgehead atoms. The van der Waals surface area contributed by atoms with Crippen molar-refractivity contribution in [3.8, 4) is 0 Å². The van der Waals surface area contributed by atoms with Crippen molar-refractivity contribution < 1.29 is 9.47 Å². The number of rotatable bonds is 7. The van der Waals surface area contributed by atoms with Gasteiger partial charge >= 0.3 is 0 Å². The summed E-state index contributed by atoms with van der Waals surface area (Å²) in [5.41, 5.74) is 0. The van der Waals surface area contributed by atoms with Gasteiger partial charge in [-0.05, 0) is 25.0 Å². The molecule has 144 valence electrons. The number of ether oxygens (including phenoxy) is 2. The van der Waals surface area contributed by atoms with Crippen LogP contribution in [0.2, 0.25) is 0 Å². The summed E-state index contributed by atoms with van der Waals surface area (Å²) in [4.78, 5) is 13.5. The number of hydrogen-bond donors (Lipinski definition) is 1. The second kappa shape index (κ2) is 10.3. The summed E-state index contributed by atoms with van der Waals surface area (Å²) in [6.07, 6.45) is 3.97. The van der Waals surface area contributed by atoms with Crippen LogP contribution in [-0.4, -0.2) is 82.0 Å². The molecule has 2 fully saturated rings. The van der Waals surface area contributed by atoms with E-state index in [1.165, 1.54) is 0 Å². The highest BCUT2D eigenvalue weighted by Crippen LogP contribution is 2.13. The van der Waals surface area contributed by atoms with E-state index in [1.807, 2.05) is 25.4 Å². The Labute approximate surface area is 156 Å². The first kappa shape index (κ1) is 18.9. The number of hydrogen-bond acceptors (Lipinski definition) is 5. The van der Waals surface area contributed by atoms with Gasteiger partial charge in [-0.1, -0.05) is 6.07 Å². The molecular weight excluding hydrogens is 330 g/mol. The topological polar surface area (TPSA) is 62.2 Å². The smallest absolute Gasteiger partial charge is 0.193 e. The second-order valence-corrected chi connectivity index (χ2v) is 6.79. The Balaban J connectivity index is 1.30. The Morgan fingerprint density at radius 3 is 2.92 bits per heavy atom. The van der Waals surface area contributed by atoms with Crippen molar-refractivity contribution in [3.05, 3.63) is 24.4 Å². The summed E-state index contributed by atoms with van der Waals surface area (Å²) in [6, 6.07) is 6.06. The van der Waals surface area contributed by atoms with Crippen molar-refractivity contribution in [1.82, 2.24) is 15.2 Å². The largest absolute Gasteiger partial charge is 0.381 e. The van der Waals surface area contributed by atoms with Gasteiger partial charge in [0.05, 0.1) is 13.2 Å². The van der Waals surface area contributed by atoms with Crippen molar-refractivity contribution in [2.75, 3.05) is 71.1 Å². The lowest BCUT2D eigenvalue weighted by molar-refractivity contribution is 0.0887. The standard InChI is InChI=1S/C19H31N5O2/c1-20-19(22-8-4-13-25-15-17-6-14-26-16-17)24-11-9-23(10-12-24)18-5-2-3-7-21-18/h2-3,5,7,17H,4,6,8-16H2,1H3,(H,20,22). The third-order valence-electron chi connectivity index (χ3n) is 4.89. The summed E-state index contributed by atoms with van der Waals surface area (Å²) in [6.45, 7) is 8.07. The van der Waals surface area contributed by atoms with Crippen LogP contribution in [0, 0.1) is 5.92 Å². The van der Waals surface area contributed by atoms with Gasteiger partial charge in [0.25, 0.3) is 0 Å². The zero-order chi connectivity index (χ0) is 18.0. The van der Waals surface area contributed by atoms with Crippen LogP contribution < -0.4 is 10.2 Å². The molecule has 26 heavy (non-hydrogen) atoms. The fourth-order valence-corrected chi connectivity index (χ4v) is 3.36. The summed E-state index contributed by atoms with van der Waals surface area (Å²) in [5, 5.41) is 3.46. The van der Waals surface area contributed by atoms with Gasteiger partial charge in [-0.2, -0.15) is 0 Å². The van der Waals surface area contributed by atoms with E-state index in [2.05, 4.69) is 31.2 Å². The number of guanidine groups is 1. The van der Waals surface area contributed by atoms with E-state index in [-0.39, 0.29) is 0 Å². The van der Waals surface area contributed by atoms with Crippen LogP contribution in [0.3, 0.4) is 0 Å². The summed E-state index contributed by atoms with van der Waals surface area (Å²) in [7, 11) is 1.85. The SMILES string of the molecule is CN=C(NCCCOCC1CCOC1)N1CCN(c2ccccn2)CC1. The predicted octanol–water partition coefficient (Wildman–Crippen LogP) is 1.22. The van der Waals surface area contributed by atoms with Crippen LogP contribution in [0.1, 0.15) is 12.8 Å². The van der Waals surface area contributed by atoms with E-state index in [4.69, 9.17) is 9.47 Å². The molecule has 1 aromatic rings. The molecule has 0 amide bonds. The molecule has 0 saturated carbocycles. The molecule has 2 aliphatic rings. The van der Waals surface area contributed by atoms with Crippen molar-refractivity contribution in [1.29, 1.82) is 0 Å². The molecule has 3 heterocycles. The maximum atomic E-state index is 5.75. The molecule has 1 atom stereocenters. The van der Waals surface area contributed by atoms with Gasteiger partial charge in [0.2, 0.25) is 0 Å². The summed E-state index contributed by atoms with van der Waals surface area (Å²) in [5.74, 6) is 2.63. The number of aliphatic imine (C=N–C) groups is 1. The van der Waals surface area contributed by atoms with Crippen LogP contribution in [0.15, 0.2) is 29.4 Å². The van der Waals surface area contributed by atoms with Gasteiger partial charge in [0.1, 0.15) is 5.82 Å². The molecule has 2 aliphatic heterocycles. The Hall–Kier alpha value is -1.86. The lowest BCUT2D eigenvalue weighted by atomic mass is 10.1. The summed E-state index contributed by atoms with van der Waals surface area (Å²) >= 11 is 0. The molecular formula is C19H31N5O2. The normalized spacial score (nSPS) is 21.3. The van der Waals surface area contributed by atoms with Gasteiger partial charge in [0, 0.05) is 65.1 Å². The minimum Gasteiger partial charge on any atom is -0.381 e. The first-order valence-electron chi connectivity index (χ1n) is 9.64. The van der Waals surface area contributed by atoms with E-state index >= 15 is 0 Å². The molecule has 7 nitrogen and oxygen atoms in total. The molecule has 0 radical (unpaired) electrons. The third-order valence-corrected chi connectivity index (χ3v) is 4.89. The first-order valence-corrected chi connectivity index (χ1v) is 9.64. The van der Waals surface area contributed by atoms with Gasteiger partial charge in [-0.3, -0.25) is 4.99 Å². The molecule has 0 aliphatic carbocycles. The average molecular weight is 361 g/mol. The molecule has 1 N–H and O–H groups in total. The molecule has 2 saturated heterocycles. The fourth-order valence-electron chi connectivity index (χ4n) is 3.36. The number of pyridine rings is 1. The lowest BCUT2D eigenvalue weighted by Crippen LogP contribution is -2.52. The molecule has 0 aromatic carbocycles. The van der Waals surface area contributed by atoms with Crippen molar-refractivity contribution >= 4 is 11.8 Å². The molecule has 1 aromatic heterocycles. The predicted molar refractivity (Wildman–Crippen MR) is 104 cm³/mol. The molecule has 0 spiro atoms. The number of piperazine rings is 1. The molecule has 7 heteroatoms. The number of nitrogens with one attached hydrogen (secondary N) is 1. The highest BCUT2D eigenvalue weighted by molar-refractivity contribution is 5.80. The molecule has 1 unspecified atom stereocenters. The van der Waals surface area contributed by atoms with E-state index in [0.29, 0.717) is 5.92 Å². The highest BCUT2D eigenvalue weighted by atomic mass is 16.5. The zero-order valence-electron chi connectivity index (χ0n) is 15.8. The van der Waals surface area contributed by atoms with E-state index in [0.717, 1.165) is 83.8 Å². The van der Waals surface area contributed by atoms with E-state index in [9.17, 15) is 0 Å². The van der Waals surface area contributed by atoms with Crippen LogP contribution in [0.4, 0.5) is 5.82 Å². The first-order chi connectivity index (χ1) is 12.9. The third kappa shape index (κ3) is 5.57. The van der Waals surface area contributed by atoms with Crippen molar-refractivity contribution in [3.63, 3.8) is 0 Å². The van der Waals surface area contributed by atoms with Crippen LogP contribution >= 0.6 is 0 Å². The Morgan fingerprint density at radius 2 is 2.23 bits per heavy atom. The van der Waals surface area contributed by atoms with E-state index < -0.39 is 0 Å².